The topological polar surface area (TPSA) is 203 Å². The summed E-state index contributed by atoms with van der Waals surface area (Å²) in [4.78, 5) is 59.8. The molecule has 0 amide bonds. The summed E-state index contributed by atoms with van der Waals surface area (Å²) in [7, 11) is 2.96. The van der Waals surface area contributed by atoms with Crippen molar-refractivity contribution in [2.45, 2.75) is 127 Å². The normalized spacial score (nSPS) is 25.2. The Kier molecular flexibility index (Phi) is 12.9. The van der Waals surface area contributed by atoms with Crippen molar-refractivity contribution in [2.75, 3.05) is 46.5 Å². The molecule has 2 saturated heterocycles. The monoisotopic (exact) mass is 996 g/mol. The van der Waals surface area contributed by atoms with E-state index in [1.807, 2.05) is 13.0 Å². The molecule has 1 unspecified atom stereocenters. The van der Waals surface area contributed by atoms with Crippen molar-refractivity contribution in [1.82, 2.24) is 15.1 Å². The lowest BCUT2D eigenvalue weighted by atomic mass is 9.71. The number of rotatable bonds is 7. The Hall–Kier alpha value is -6.20. The molecule has 0 aliphatic carbocycles. The van der Waals surface area contributed by atoms with Gasteiger partial charge in [0.05, 0.1) is 37.6 Å². The SMILES string of the molecule is C=CCN1[C@H]2c3c(cc(C)c(OC)c3OC(=O)OC(C)(C)C)C[C@H]1[C@H](C#N)N1C2[C@@H]2SC[C@]3(NCCc4cc(OC(=O)OC(C)(C)C)c(OC)cc43)C(=O)OC[C@@H]1c1c3c(c(C)c(OC(C)=O)c12)OCO3. The molecule has 10 rings (SSSR count). The Labute approximate surface area is 417 Å². The fraction of sp³-hybridized carbons (Fsp3) is 0.519. The average Bonchev–Trinajstić information content (AvgIpc) is 3.78. The molecular formula is C52H60N4O14S. The van der Waals surface area contributed by atoms with E-state index in [-0.39, 0.29) is 42.2 Å². The standard InChI is InChI=1S/C52H60N4O14S/c1-13-16-55-31-18-29-17-25(2)41(62-12)45(68-49(60)70-51(8,9)10)36(29)39(55)40-46-38-37(44-43(64-24-65-44)26(3)42(38)66-27(4)57)33(56(40)32(31)21-53)22-63-47(58)52(23-71-46)30-20-34(61-11)35(19-28(30)14-15-54-52)67-48(59)69-50(5,6)7/h13,17,19-20,31-33,39-40,46,54H,1,14-16,18,22-24H2,2-12H3/t31-,32-,33+,39-,40?,46+,52+/m0/s1. The fourth-order valence-electron chi connectivity index (χ4n) is 11.3. The maximum atomic E-state index is 15.3. The molecule has 4 bridgehead atoms. The Morgan fingerprint density at radius 3 is 2.25 bits per heavy atom. The van der Waals surface area contributed by atoms with Gasteiger partial charge in [0.15, 0.2) is 40.0 Å². The lowest BCUT2D eigenvalue weighted by Crippen LogP contribution is -2.70. The molecule has 18 nitrogen and oxygen atoms in total. The summed E-state index contributed by atoms with van der Waals surface area (Å²) in [5.41, 5.74) is 1.94. The molecule has 0 saturated carbocycles. The van der Waals surface area contributed by atoms with Gasteiger partial charge < -0.3 is 47.4 Å². The van der Waals surface area contributed by atoms with Crippen LogP contribution in [0.1, 0.15) is 110 Å². The minimum absolute atomic E-state index is 0.0283. The van der Waals surface area contributed by atoms with E-state index >= 15 is 4.79 Å². The van der Waals surface area contributed by atoms with E-state index in [9.17, 15) is 19.6 Å². The van der Waals surface area contributed by atoms with Crippen molar-refractivity contribution < 1.29 is 66.5 Å². The minimum atomic E-state index is -1.52. The lowest BCUT2D eigenvalue weighted by molar-refractivity contribution is -0.157. The number of benzene rings is 3. The van der Waals surface area contributed by atoms with E-state index in [1.54, 1.807) is 66.7 Å². The van der Waals surface area contributed by atoms with E-state index in [4.69, 9.17) is 47.4 Å². The van der Waals surface area contributed by atoms with Crippen molar-refractivity contribution in [3.63, 3.8) is 0 Å². The number of methoxy groups -OCH3 is 2. The second-order valence-electron chi connectivity index (χ2n) is 20.5. The summed E-state index contributed by atoms with van der Waals surface area (Å²) in [5.74, 6) is 0.715. The van der Waals surface area contributed by atoms with E-state index in [0.717, 1.165) is 5.56 Å². The molecular weight excluding hydrogens is 937 g/mol. The van der Waals surface area contributed by atoms with Gasteiger partial charge in [-0.1, -0.05) is 12.1 Å². The second-order valence-corrected chi connectivity index (χ2v) is 21.6. The van der Waals surface area contributed by atoms with E-state index in [0.29, 0.717) is 82.1 Å². The summed E-state index contributed by atoms with van der Waals surface area (Å²) < 4.78 is 60.4. The number of carbonyl (C=O) groups excluding carboxylic acids is 4. The third kappa shape index (κ3) is 8.55. The molecule has 7 aliphatic heterocycles. The van der Waals surface area contributed by atoms with Crippen LogP contribution in [0.4, 0.5) is 9.59 Å². The number of nitriles is 1. The van der Waals surface area contributed by atoms with Crippen LogP contribution in [0.3, 0.4) is 0 Å². The molecule has 378 valence electrons. The summed E-state index contributed by atoms with van der Waals surface area (Å²) in [5, 5.41) is 14.4. The van der Waals surface area contributed by atoms with Crippen LogP contribution in [-0.2, 0) is 42.2 Å². The van der Waals surface area contributed by atoms with Crippen LogP contribution >= 0.6 is 11.8 Å². The molecule has 2 fully saturated rings. The smallest absolute Gasteiger partial charge is 0.493 e. The first kappa shape index (κ1) is 49.8. The first-order valence-electron chi connectivity index (χ1n) is 23.6. The number of hydrogen-bond donors (Lipinski definition) is 1. The summed E-state index contributed by atoms with van der Waals surface area (Å²) >= 11 is 1.42. The van der Waals surface area contributed by atoms with Crippen molar-refractivity contribution in [3.05, 3.63) is 75.4 Å². The number of thioether (sulfide) groups is 1. The quantitative estimate of drug-likeness (QED) is 0.0790. The number of esters is 2. The van der Waals surface area contributed by atoms with Crippen LogP contribution in [0.25, 0.3) is 0 Å². The zero-order valence-electron chi connectivity index (χ0n) is 41.9. The van der Waals surface area contributed by atoms with Gasteiger partial charge in [-0.05, 0) is 103 Å². The van der Waals surface area contributed by atoms with Crippen molar-refractivity contribution in [1.29, 1.82) is 5.26 Å². The van der Waals surface area contributed by atoms with E-state index < -0.39 is 76.4 Å². The van der Waals surface area contributed by atoms with Gasteiger partial charge in [-0.25, -0.2) is 14.4 Å². The highest BCUT2D eigenvalue weighted by Gasteiger charge is 2.62. The first-order chi connectivity index (χ1) is 33.6. The van der Waals surface area contributed by atoms with Crippen molar-refractivity contribution >= 4 is 36.0 Å². The number of nitrogens with zero attached hydrogens (tertiary/aromatic N) is 3. The third-order valence-electron chi connectivity index (χ3n) is 13.7. The van der Waals surface area contributed by atoms with Gasteiger partial charge in [0.25, 0.3) is 0 Å². The highest BCUT2D eigenvalue weighted by atomic mass is 32.2. The van der Waals surface area contributed by atoms with Crippen LogP contribution < -0.4 is 38.5 Å². The maximum Gasteiger partial charge on any atom is 0.514 e. The van der Waals surface area contributed by atoms with Gasteiger partial charge in [0, 0.05) is 60.1 Å². The Morgan fingerprint density at radius 2 is 1.61 bits per heavy atom. The number of carbonyl (C=O) groups is 4. The molecule has 7 aliphatic rings. The van der Waals surface area contributed by atoms with Crippen molar-refractivity contribution in [2.24, 2.45) is 0 Å². The number of ether oxygens (including phenoxy) is 10. The minimum Gasteiger partial charge on any atom is -0.493 e. The number of fused-ring (bicyclic) bond motifs is 9. The second kappa shape index (κ2) is 18.4. The Morgan fingerprint density at radius 1 is 0.901 bits per heavy atom. The summed E-state index contributed by atoms with van der Waals surface area (Å²) in [6.45, 7) is 19.9. The van der Waals surface area contributed by atoms with Crippen LogP contribution in [0.2, 0.25) is 0 Å². The van der Waals surface area contributed by atoms with Crippen LogP contribution in [0.5, 0.6) is 40.2 Å². The van der Waals surface area contributed by atoms with Crippen LogP contribution in [-0.4, -0.2) is 110 Å². The van der Waals surface area contributed by atoms with E-state index in [2.05, 4.69) is 27.8 Å². The fourth-order valence-corrected chi connectivity index (χ4v) is 13.0. The molecule has 7 heterocycles. The highest BCUT2D eigenvalue weighted by molar-refractivity contribution is 7.99. The predicted molar refractivity (Wildman–Crippen MR) is 258 cm³/mol. The zero-order chi connectivity index (χ0) is 51.1. The zero-order valence-corrected chi connectivity index (χ0v) is 42.7. The Balaban J connectivity index is 1.30. The molecule has 0 radical (unpaired) electrons. The van der Waals surface area contributed by atoms with Gasteiger partial charge >= 0.3 is 24.2 Å². The molecule has 3 aromatic rings. The van der Waals surface area contributed by atoms with Gasteiger partial charge in [-0.15, -0.1) is 18.3 Å². The molecule has 3 aromatic carbocycles. The van der Waals surface area contributed by atoms with Gasteiger partial charge in [-0.3, -0.25) is 19.9 Å². The largest absolute Gasteiger partial charge is 0.514 e. The molecule has 1 spiro atoms. The maximum absolute atomic E-state index is 15.3. The van der Waals surface area contributed by atoms with Gasteiger partial charge in [0.2, 0.25) is 6.79 Å². The summed E-state index contributed by atoms with van der Waals surface area (Å²) in [6, 6.07) is 4.53. The number of hydrogen-bond acceptors (Lipinski definition) is 19. The number of nitrogens with one attached hydrogen (secondary N) is 1. The third-order valence-corrected chi connectivity index (χ3v) is 15.2. The first-order valence-corrected chi connectivity index (χ1v) is 24.6. The molecule has 1 N–H and O–H groups in total. The van der Waals surface area contributed by atoms with Crippen LogP contribution in [0, 0.1) is 25.2 Å². The molecule has 71 heavy (non-hydrogen) atoms. The summed E-state index contributed by atoms with van der Waals surface area (Å²) in [6.07, 6.45) is 0.760. The number of aryl methyl sites for hydroxylation is 1. The average molecular weight is 997 g/mol. The predicted octanol–water partition coefficient (Wildman–Crippen LogP) is 7.76. The van der Waals surface area contributed by atoms with E-state index in [1.165, 1.54) is 32.9 Å². The number of piperazine rings is 1. The van der Waals surface area contributed by atoms with Crippen LogP contribution in [0.15, 0.2) is 30.9 Å². The molecule has 0 aromatic heterocycles. The molecule has 19 heteroatoms. The highest BCUT2D eigenvalue weighted by Crippen LogP contribution is 2.65. The Bertz CT molecular complexity index is 2780. The molecule has 7 atom stereocenters. The lowest BCUT2D eigenvalue weighted by Gasteiger charge is -2.62. The van der Waals surface area contributed by atoms with Crippen molar-refractivity contribution in [3.8, 4) is 46.3 Å². The van der Waals surface area contributed by atoms with Gasteiger partial charge in [-0.2, -0.15) is 5.26 Å². The van der Waals surface area contributed by atoms with Gasteiger partial charge in [0.1, 0.15) is 29.6 Å².